The second kappa shape index (κ2) is 41.9. The highest BCUT2D eigenvalue weighted by Crippen LogP contribution is 2.41. The second-order valence-corrected chi connectivity index (χ2v) is 16.9. The maximum Gasteiger partial charge on any atom is 0.332 e. The molecule has 0 rings (SSSR count). The fourth-order valence-corrected chi connectivity index (χ4v) is 7.69. The van der Waals surface area contributed by atoms with Crippen LogP contribution in [0.25, 0.3) is 0 Å². The summed E-state index contributed by atoms with van der Waals surface area (Å²) in [5, 5.41) is 9.61. The molecular formula is C42H83BrNO5P. The number of nitrogens with zero attached hydrogens (tertiary/aromatic N) is 1. The zero-order valence-corrected chi connectivity index (χ0v) is 36.0. The van der Waals surface area contributed by atoms with E-state index in [1.54, 1.807) is 0 Å². The largest absolute Gasteiger partial charge is 0.381 e. The minimum absolute atomic E-state index is 0.289. The first-order valence-electron chi connectivity index (χ1n) is 21.4. The van der Waals surface area contributed by atoms with Crippen molar-refractivity contribution in [3.05, 3.63) is 0 Å². The van der Waals surface area contributed by atoms with E-state index >= 15 is 0 Å². The van der Waals surface area contributed by atoms with E-state index in [4.69, 9.17) is 28.3 Å². The zero-order valence-electron chi connectivity index (χ0n) is 33.5. The number of rotatable bonds is 43. The predicted molar refractivity (Wildman–Crippen MR) is 219 cm³/mol. The molecule has 0 N–H and O–H groups in total. The Kier molecular flexibility index (Phi) is 42.1. The highest BCUT2D eigenvalue weighted by Gasteiger charge is 2.28. The molecule has 0 spiro atoms. The Morgan fingerprint density at radius 3 is 1.14 bits per heavy atom. The van der Waals surface area contributed by atoms with Crippen LogP contribution in [0.2, 0.25) is 0 Å². The highest BCUT2D eigenvalue weighted by atomic mass is 79.9. The molecule has 0 aliphatic heterocycles. The quantitative estimate of drug-likeness (QED) is 0.0348. The molecule has 0 saturated carbocycles. The first-order chi connectivity index (χ1) is 24.6. The van der Waals surface area contributed by atoms with Crippen LogP contribution in [0.3, 0.4) is 0 Å². The Bertz CT molecular complexity index is 662. The molecule has 50 heavy (non-hydrogen) atoms. The van der Waals surface area contributed by atoms with E-state index in [1.807, 2.05) is 0 Å². The van der Waals surface area contributed by atoms with Gasteiger partial charge in [0, 0.05) is 24.0 Å². The van der Waals surface area contributed by atoms with E-state index in [0.717, 1.165) is 26.1 Å². The van der Waals surface area contributed by atoms with E-state index in [9.17, 15) is 0 Å². The highest BCUT2D eigenvalue weighted by molar-refractivity contribution is 9.09. The van der Waals surface area contributed by atoms with Crippen LogP contribution < -0.4 is 0 Å². The number of ether oxygens (including phenoxy) is 2. The fraction of sp³-hybridized carbons (Fsp3) is 0.976. The second-order valence-electron chi connectivity index (χ2n) is 14.9. The maximum atomic E-state index is 8.91. The number of hydrogen-bond donors (Lipinski definition) is 0. The summed E-state index contributed by atoms with van der Waals surface area (Å²) in [7, 11) is -1.51. The molecule has 0 aromatic rings. The van der Waals surface area contributed by atoms with Gasteiger partial charge in [-0.15, -0.1) is 0 Å². The monoisotopic (exact) mass is 792 g/mol. The fourth-order valence-electron chi connectivity index (χ4n) is 6.15. The molecule has 0 amide bonds. The third-order valence-corrected chi connectivity index (χ3v) is 10.8. The topological polar surface area (TPSA) is 69.9 Å². The van der Waals surface area contributed by atoms with Gasteiger partial charge in [0.05, 0.1) is 45.5 Å². The van der Waals surface area contributed by atoms with Gasteiger partial charge in [0.25, 0.3) is 0 Å². The molecule has 0 aromatic heterocycles. The lowest BCUT2D eigenvalue weighted by atomic mass is 9.94. The molecule has 0 aliphatic rings. The summed E-state index contributed by atoms with van der Waals surface area (Å²) in [6, 6.07) is 2.12. The summed E-state index contributed by atoms with van der Waals surface area (Å²) in [6.45, 7) is 10.7. The van der Waals surface area contributed by atoms with Crippen LogP contribution in [0.4, 0.5) is 0 Å². The van der Waals surface area contributed by atoms with Crippen molar-refractivity contribution in [2.24, 2.45) is 5.41 Å². The average Bonchev–Trinajstić information content (AvgIpc) is 3.12. The molecule has 0 bridgehead atoms. The number of hydrogen-bond acceptors (Lipinski definition) is 6. The van der Waals surface area contributed by atoms with Crippen molar-refractivity contribution in [3.63, 3.8) is 0 Å². The maximum absolute atomic E-state index is 8.91. The first kappa shape index (κ1) is 50.2. The van der Waals surface area contributed by atoms with Gasteiger partial charge in [0.2, 0.25) is 0 Å². The Morgan fingerprint density at radius 1 is 0.460 bits per heavy atom. The van der Waals surface area contributed by atoms with Crippen LogP contribution in [0.5, 0.6) is 0 Å². The molecule has 0 aromatic carbocycles. The van der Waals surface area contributed by atoms with E-state index in [2.05, 4.69) is 42.8 Å². The molecule has 298 valence electrons. The molecule has 0 aliphatic carbocycles. The number of nitriles is 1. The van der Waals surface area contributed by atoms with E-state index < -0.39 is 8.60 Å². The van der Waals surface area contributed by atoms with Crippen LogP contribution in [0.1, 0.15) is 207 Å². The van der Waals surface area contributed by atoms with Gasteiger partial charge in [-0.25, -0.2) is 0 Å². The van der Waals surface area contributed by atoms with Crippen molar-refractivity contribution in [1.82, 2.24) is 0 Å². The smallest absolute Gasteiger partial charge is 0.332 e. The Balaban J connectivity index is 4.23. The molecule has 0 fully saturated rings. The lowest BCUT2D eigenvalue weighted by molar-refractivity contribution is -0.0401. The number of unbranched alkanes of at least 4 members (excludes halogenated alkanes) is 26. The summed E-state index contributed by atoms with van der Waals surface area (Å²) in [6.07, 6.45) is 38.4. The van der Waals surface area contributed by atoms with Crippen molar-refractivity contribution >= 4 is 24.5 Å². The molecule has 0 heterocycles. The molecule has 1 unspecified atom stereocenters. The minimum atomic E-state index is -1.51. The van der Waals surface area contributed by atoms with Crippen LogP contribution in [0, 0.1) is 16.7 Å². The lowest BCUT2D eigenvalue weighted by Crippen LogP contribution is -2.34. The van der Waals surface area contributed by atoms with Gasteiger partial charge >= 0.3 is 8.60 Å². The van der Waals surface area contributed by atoms with Crippen molar-refractivity contribution in [3.8, 4) is 6.07 Å². The minimum Gasteiger partial charge on any atom is -0.381 e. The molecule has 0 radical (unpaired) electrons. The summed E-state index contributed by atoms with van der Waals surface area (Å²) in [4.78, 5) is 0. The number of alkyl halides is 1. The summed E-state index contributed by atoms with van der Waals surface area (Å²) in [5.74, 6) is 0. The van der Waals surface area contributed by atoms with Crippen molar-refractivity contribution in [2.45, 2.75) is 207 Å². The van der Waals surface area contributed by atoms with E-state index in [0.29, 0.717) is 44.8 Å². The van der Waals surface area contributed by atoms with Crippen LogP contribution in [0.15, 0.2) is 0 Å². The Labute approximate surface area is 321 Å². The Morgan fingerprint density at radius 2 is 0.800 bits per heavy atom. The van der Waals surface area contributed by atoms with Crippen LogP contribution >= 0.6 is 24.5 Å². The Hall–Kier alpha value is 0.200. The average molecular weight is 793 g/mol. The SMILES string of the molecule is CCCCCCCCCCCCCCCCOCC(C)(COCCCCCCCCCCCCCCCC)COP(OCCBr)OCCC#N. The first-order valence-corrected chi connectivity index (χ1v) is 23.6. The van der Waals surface area contributed by atoms with Crippen LogP contribution in [-0.2, 0) is 23.0 Å². The van der Waals surface area contributed by atoms with E-state index in [1.165, 1.54) is 167 Å². The zero-order chi connectivity index (χ0) is 36.5. The summed E-state index contributed by atoms with van der Waals surface area (Å²) < 4.78 is 30.1. The van der Waals surface area contributed by atoms with Gasteiger partial charge in [-0.3, -0.25) is 0 Å². The normalized spacial score (nSPS) is 12.5. The molecule has 6 nitrogen and oxygen atoms in total. The van der Waals surface area contributed by atoms with Crippen LogP contribution in [-0.4, -0.2) is 51.6 Å². The molecule has 0 saturated heterocycles. The molecule has 8 heteroatoms. The van der Waals surface area contributed by atoms with Gasteiger partial charge in [-0.1, -0.05) is 204 Å². The standard InChI is InChI=1S/C42H83BrNO5P/c1-4-6-8-10-12-14-16-18-20-22-24-26-28-30-35-45-39-42(3,41-49-50(48-38-33-43)47-37-32-34-44)40-46-36-31-29-27-25-23-21-19-17-15-13-11-9-7-5-2/h4-33,35-41H2,1-3H3. The third kappa shape index (κ3) is 37.9. The van der Waals surface area contributed by atoms with Gasteiger partial charge in [-0.05, 0) is 12.8 Å². The number of halogens is 1. The van der Waals surface area contributed by atoms with Gasteiger partial charge in [-0.2, -0.15) is 5.26 Å². The third-order valence-electron chi connectivity index (χ3n) is 9.39. The molecule has 1 atom stereocenters. The van der Waals surface area contributed by atoms with Gasteiger partial charge < -0.3 is 23.0 Å². The molecular weight excluding hydrogens is 709 g/mol. The summed E-state index contributed by atoms with van der Waals surface area (Å²) >= 11 is 3.41. The van der Waals surface area contributed by atoms with E-state index in [-0.39, 0.29) is 5.41 Å². The van der Waals surface area contributed by atoms with Gasteiger partial charge in [0.15, 0.2) is 0 Å². The van der Waals surface area contributed by atoms with Gasteiger partial charge in [0.1, 0.15) is 0 Å². The lowest BCUT2D eigenvalue weighted by Gasteiger charge is -2.30. The van der Waals surface area contributed by atoms with Crippen molar-refractivity contribution < 1.29 is 23.0 Å². The van der Waals surface area contributed by atoms with Crippen molar-refractivity contribution in [1.29, 1.82) is 5.26 Å². The van der Waals surface area contributed by atoms with Crippen molar-refractivity contribution in [2.75, 3.05) is 51.6 Å². The summed E-state index contributed by atoms with van der Waals surface area (Å²) in [5.41, 5.74) is -0.289. The predicted octanol–water partition coefficient (Wildman–Crippen LogP) is 14.6.